The number of nitrogens with zero attached hydrogens (tertiary/aromatic N) is 1. The summed E-state index contributed by atoms with van der Waals surface area (Å²) in [4.78, 5) is 3.70. The van der Waals surface area contributed by atoms with Crippen molar-refractivity contribution in [1.29, 1.82) is 0 Å². The van der Waals surface area contributed by atoms with Crippen LogP contribution in [0.3, 0.4) is 0 Å². The lowest BCUT2D eigenvalue weighted by molar-refractivity contribution is 0.280. The van der Waals surface area contributed by atoms with E-state index in [0.29, 0.717) is 5.69 Å². The molecule has 122 valence electrons. The molecule has 8 heteroatoms. The lowest BCUT2D eigenvalue weighted by Crippen LogP contribution is -1.98. The Kier molecular flexibility index (Phi) is 5.03. The largest absolute Gasteiger partial charge is 0.505 e. The number of hydrogen-bond acceptors (Lipinski definition) is 5. The summed E-state index contributed by atoms with van der Waals surface area (Å²) in [6.45, 7) is 1.13. The first-order valence-electron chi connectivity index (χ1n) is 6.43. The van der Waals surface area contributed by atoms with Crippen LogP contribution in [0.4, 0.5) is 4.39 Å². The van der Waals surface area contributed by atoms with Crippen molar-refractivity contribution in [3.05, 3.63) is 57.5 Å². The third kappa shape index (κ3) is 3.69. The van der Waals surface area contributed by atoms with Gasteiger partial charge in [0.15, 0.2) is 9.84 Å². The van der Waals surface area contributed by atoms with E-state index in [0.717, 1.165) is 29.7 Å². The third-order valence-corrected chi connectivity index (χ3v) is 4.86. The number of rotatable bonds is 4. The van der Waals surface area contributed by atoms with E-state index in [1.807, 2.05) is 0 Å². The first-order valence-corrected chi connectivity index (χ1v) is 8.35. The van der Waals surface area contributed by atoms with Gasteiger partial charge >= 0.3 is 0 Å². The molecule has 1 aromatic heterocycles. The maximum absolute atomic E-state index is 13.1. The molecule has 0 fully saturated rings. The molecule has 0 aliphatic rings. The van der Waals surface area contributed by atoms with Gasteiger partial charge in [-0.1, -0.05) is 11.6 Å². The van der Waals surface area contributed by atoms with Gasteiger partial charge in [-0.3, -0.25) is 4.98 Å². The van der Waals surface area contributed by atoms with Gasteiger partial charge in [0, 0.05) is 22.7 Å². The number of hydrogen-bond donors (Lipinski definition) is 2. The summed E-state index contributed by atoms with van der Waals surface area (Å²) < 4.78 is 37.6. The van der Waals surface area contributed by atoms with E-state index in [1.165, 1.54) is 6.20 Å². The number of aliphatic hydroxyl groups excluding tert-OH is 1. The van der Waals surface area contributed by atoms with Crippen LogP contribution >= 0.6 is 11.6 Å². The molecule has 23 heavy (non-hydrogen) atoms. The molecular formula is C15H13ClFNO4S. The van der Waals surface area contributed by atoms with E-state index in [-0.39, 0.29) is 26.8 Å². The average Bonchev–Trinajstić information content (AvgIpc) is 2.51. The van der Waals surface area contributed by atoms with E-state index in [2.05, 4.69) is 4.98 Å². The van der Waals surface area contributed by atoms with Crippen molar-refractivity contribution in [3.63, 3.8) is 0 Å². The number of sulfone groups is 1. The second kappa shape index (κ2) is 6.66. The predicted molar refractivity (Wildman–Crippen MR) is 84.2 cm³/mol. The van der Waals surface area contributed by atoms with Gasteiger partial charge in [-0.05, 0) is 31.2 Å². The molecule has 0 spiro atoms. The van der Waals surface area contributed by atoms with Crippen molar-refractivity contribution >= 4 is 27.5 Å². The van der Waals surface area contributed by atoms with E-state index < -0.39 is 22.3 Å². The van der Waals surface area contributed by atoms with Gasteiger partial charge in [-0.25, -0.2) is 12.8 Å². The molecule has 1 heterocycles. The van der Waals surface area contributed by atoms with Crippen molar-refractivity contribution in [2.24, 2.45) is 0 Å². The molecule has 0 saturated carbocycles. The number of aryl methyl sites for hydroxylation is 1. The quantitative estimate of drug-likeness (QED) is 0.821. The summed E-state index contributed by atoms with van der Waals surface area (Å²) in [5.41, 5.74) is 0.720. The first kappa shape index (κ1) is 17.4. The molecular weight excluding hydrogens is 345 g/mol. The Bertz CT molecular complexity index is 881. The van der Waals surface area contributed by atoms with E-state index in [9.17, 15) is 23.0 Å². The maximum atomic E-state index is 13.1. The van der Waals surface area contributed by atoms with Gasteiger partial charge in [-0.2, -0.15) is 0 Å². The second-order valence-corrected chi connectivity index (χ2v) is 6.95. The average molecular weight is 358 g/mol. The van der Waals surface area contributed by atoms with Crippen LogP contribution in [0.2, 0.25) is 5.02 Å². The zero-order valence-electron chi connectivity index (χ0n) is 12.0. The summed E-state index contributed by atoms with van der Waals surface area (Å²) in [7, 11) is -3.90. The van der Waals surface area contributed by atoms with E-state index >= 15 is 0 Å². The number of aromatic hydroxyl groups is 1. The molecule has 2 N–H and O–H groups in total. The lowest BCUT2D eigenvalue weighted by atomic mass is 10.1. The van der Waals surface area contributed by atoms with Gasteiger partial charge in [0.2, 0.25) is 0 Å². The molecule has 0 unspecified atom stereocenters. The van der Waals surface area contributed by atoms with Gasteiger partial charge in [0.05, 0.1) is 22.2 Å². The van der Waals surface area contributed by atoms with Gasteiger partial charge in [0.25, 0.3) is 0 Å². The molecule has 0 aliphatic carbocycles. The van der Waals surface area contributed by atoms with Crippen LogP contribution in [0, 0.1) is 12.7 Å². The van der Waals surface area contributed by atoms with Crippen molar-refractivity contribution in [3.8, 4) is 5.75 Å². The highest BCUT2D eigenvalue weighted by Crippen LogP contribution is 2.27. The minimum absolute atomic E-state index is 0.150. The Hall–Kier alpha value is -1.96. The predicted octanol–water partition coefficient (Wildman–Crippen LogP) is 2.83. The summed E-state index contributed by atoms with van der Waals surface area (Å²) in [6.07, 6.45) is 2.50. The molecule has 0 atom stereocenters. The smallest absolute Gasteiger partial charge is 0.199 e. The minimum atomic E-state index is -3.90. The number of benzene rings is 1. The molecule has 2 rings (SSSR count). The molecule has 0 radical (unpaired) electrons. The van der Waals surface area contributed by atoms with Crippen LogP contribution in [0.5, 0.6) is 5.75 Å². The fourth-order valence-electron chi connectivity index (χ4n) is 1.85. The summed E-state index contributed by atoms with van der Waals surface area (Å²) in [6, 6.07) is 3.04. The monoisotopic (exact) mass is 357 g/mol. The number of aromatic nitrogens is 1. The Morgan fingerprint density at radius 1 is 1.39 bits per heavy atom. The first-order chi connectivity index (χ1) is 10.8. The lowest BCUT2D eigenvalue weighted by Gasteiger charge is -2.07. The van der Waals surface area contributed by atoms with Crippen LogP contribution in [-0.2, 0) is 16.4 Å². The Morgan fingerprint density at radius 3 is 2.70 bits per heavy atom. The summed E-state index contributed by atoms with van der Waals surface area (Å²) in [5, 5.41) is 19.8. The van der Waals surface area contributed by atoms with E-state index in [4.69, 9.17) is 11.6 Å². The van der Waals surface area contributed by atoms with Crippen molar-refractivity contribution < 1.29 is 23.0 Å². The van der Waals surface area contributed by atoms with Crippen LogP contribution in [0.25, 0.3) is 6.08 Å². The fourth-order valence-corrected chi connectivity index (χ4v) is 3.11. The van der Waals surface area contributed by atoms with Crippen molar-refractivity contribution in [2.75, 3.05) is 0 Å². The number of halogens is 2. The Labute approximate surface area is 137 Å². The SMILES string of the molecule is Cc1ncc(CO)c(/C=C/S(=O)(=O)c2ccc(F)c(Cl)c2)c1O. The second-order valence-electron chi connectivity index (χ2n) is 4.71. The van der Waals surface area contributed by atoms with Crippen LogP contribution in [0.1, 0.15) is 16.8 Å². The van der Waals surface area contributed by atoms with Crippen LogP contribution in [-0.4, -0.2) is 23.6 Å². The molecule has 2 aromatic rings. The van der Waals surface area contributed by atoms with Gasteiger partial charge < -0.3 is 10.2 Å². The molecule has 0 saturated heterocycles. The number of pyridine rings is 1. The molecule has 1 aromatic carbocycles. The zero-order chi connectivity index (χ0) is 17.2. The standard InChI is InChI=1S/C15H13ClFNO4S/c1-9-15(20)12(10(8-19)7-18-9)4-5-23(21,22)11-2-3-14(17)13(16)6-11/h2-7,19-20H,8H2,1H3/b5-4+. The minimum Gasteiger partial charge on any atom is -0.505 e. The highest BCUT2D eigenvalue weighted by atomic mass is 35.5. The normalized spacial score (nSPS) is 12.0. The Morgan fingerprint density at radius 2 is 2.09 bits per heavy atom. The summed E-state index contributed by atoms with van der Waals surface area (Å²) in [5.74, 6) is -0.945. The molecule has 0 amide bonds. The summed E-state index contributed by atoms with van der Waals surface area (Å²) >= 11 is 5.59. The highest BCUT2D eigenvalue weighted by Gasteiger charge is 2.15. The Balaban J connectivity index is 2.47. The van der Waals surface area contributed by atoms with Crippen LogP contribution < -0.4 is 0 Å². The number of aliphatic hydroxyl groups is 1. The maximum Gasteiger partial charge on any atom is 0.199 e. The molecule has 0 bridgehead atoms. The van der Waals surface area contributed by atoms with Crippen molar-refractivity contribution in [2.45, 2.75) is 18.4 Å². The zero-order valence-corrected chi connectivity index (χ0v) is 13.6. The molecule has 5 nitrogen and oxygen atoms in total. The highest BCUT2D eigenvalue weighted by molar-refractivity contribution is 7.94. The van der Waals surface area contributed by atoms with Crippen LogP contribution in [0.15, 0.2) is 34.7 Å². The third-order valence-electron chi connectivity index (χ3n) is 3.16. The van der Waals surface area contributed by atoms with Gasteiger partial charge in [0.1, 0.15) is 11.6 Å². The topological polar surface area (TPSA) is 87.5 Å². The molecule has 0 aliphatic heterocycles. The van der Waals surface area contributed by atoms with Crippen molar-refractivity contribution in [1.82, 2.24) is 4.98 Å². The van der Waals surface area contributed by atoms with E-state index in [1.54, 1.807) is 6.92 Å². The van der Waals surface area contributed by atoms with Gasteiger partial charge in [-0.15, -0.1) is 0 Å². The fraction of sp³-hybridized carbons (Fsp3) is 0.133.